The molecule has 0 aromatic heterocycles. The Balaban J connectivity index is 1.89. The maximum absolute atomic E-state index is 6.26. The molecular formula is C16H24Cl2N2. The van der Waals surface area contributed by atoms with E-state index < -0.39 is 0 Å². The number of rotatable bonds is 6. The van der Waals surface area contributed by atoms with Crippen molar-refractivity contribution < 1.29 is 0 Å². The van der Waals surface area contributed by atoms with Crippen molar-refractivity contribution in [3.05, 3.63) is 33.8 Å². The van der Waals surface area contributed by atoms with E-state index in [1.54, 1.807) is 0 Å². The van der Waals surface area contributed by atoms with E-state index in [0.29, 0.717) is 0 Å². The minimum Gasteiger partial charge on any atom is -0.316 e. The summed E-state index contributed by atoms with van der Waals surface area (Å²) in [5.41, 5.74) is 1.07. The van der Waals surface area contributed by atoms with Crippen LogP contribution in [0.2, 0.25) is 10.0 Å². The Labute approximate surface area is 132 Å². The predicted molar refractivity (Wildman–Crippen MR) is 87.6 cm³/mol. The van der Waals surface area contributed by atoms with Crippen LogP contribution in [0.1, 0.15) is 31.7 Å². The van der Waals surface area contributed by atoms with Crippen molar-refractivity contribution in [1.29, 1.82) is 0 Å². The maximum atomic E-state index is 6.26. The minimum absolute atomic E-state index is 0.747. The van der Waals surface area contributed by atoms with Crippen molar-refractivity contribution in [3.8, 4) is 0 Å². The Morgan fingerprint density at radius 3 is 2.75 bits per heavy atom. The number of nitrogens with one attached hydrogen (secondary N) is 1. The first-order valence-electron chi connectivity index (χ1n) is 7.56. The molecular weight excluding hydrogens is 291 g/mol. The number of piperidine rings is 1. The topological polar surface area (TPSA) is 15.3 Å². The third-order valence-corrected chi connectivity index (χ3v) is 4.61. The van der Waals surface area contributed by atoms with Crippen molar-refractivity contribution >= 4 is 23.2 Å². The first-order valence-corrected chi connectivity index (χ1v) is 8.32. The molecule has 1 unspecified atom stereocenters. The monoisotopic (exact) mass is 314 g/mol. The summed E-state index contributed by atoms with van der Waals surface area (Å²) < 4.78 is 0. The highest BCUT2D eigenvalue weighted by molar-refractivity contribution is 6.35. The standard InChI is InChI=1S/C16H24Cl2N2/c1-2-8-19-10-13-5-4-9-20(11-13)12-14-15(17)6-3-7-16(14)18/h3,6-7,13,19H,2,4-5,8-12H2,1H3. The van der Waals surface area contributed by atoms with Crippen LogP contribution >= 0.6 is 23.2 Å². The zero-order valence-corrected chi connectivity index (χ0v) is 13.7. The normalized spacial score (nSPS) is 20.2. The van der Waals surface area contributed by atoms with Gasteiger partial charge in [0.25, 0.3) is 0 Å². The molecule has 0 spiro atoms. The third kappa shape index (κ3) is 4.63. The molecule has 1 aromatic rings. The average molecular weight is 315 g/mol. The lowest BCUT2D eigenvalue weighted by atomic mass is 9.97. The van der Waals surface area contributed by atoms with Gasteiger partial charge in [0.1, 0.15) is 0 Å². The molecule has 1 N–H and O–H groups in total. The smallest absolute Gasteiger partial charge is 0.0465 e. The number of nitrogens with zero attached hydrogens (tertiary/aromatic N) is 1. The van der Waals surface area contributed by atoms with E-state index >= 15 is 0 Å². The molecule has 1 aliphatic rings. The molecule has 1 saturated heterocycles. The largest absolute Gasteiger partial charge is 0.316 e. The van der Waals surface area contributed by atoms with Gasteiger partial charge in [-0.25, -0.2) is 0 Å². The number of likely N-dealkylation sites (tertiary alicyclic amines) is 1. The van der Waals surface area contributed by atoms with Crippen molar-refractivity contribution in [2.75, 3.05) is 26.2 Å². The Morgan fingerprint density at radius 1 is 1.30 bits per heavy atom. The molecule has 0 saturated carbocycles. The summed E-state index contributed by atoms with van der Waals surface area (Å²) in [7, 11) is 0. The van der Waals surface area contributed by atoms with Gasteiger partial charge in [0.15, 0.2) is 0 Å². The molecule has 1 fully saturated rings. The second-order valence-electron chi connectivity index (χ2n) is 5.65. The summed E-state index contributed by atoms with van der Waals surface area (Å²) in [6.45, 7) is 7.60. The van der Waals surface area contributed by atoms with Gasteiger partial charge in [-0.05, 0) is 56.9 Å². The van der Waals surface area contributed by atoms with E-state index in [9.17, 15) is 0 Å². The maximum Gasteiger partial charge on any atom is 0.0465 e. The summed E-state index contributed by atoms with van der Waals surface area (Å²) >= 11 is 12.5. The molecule has 0 bridgehead atoms. The summed E-state index contributed by atoms with van der Waals surface area (Å²) in [5.74, 6) is 0.747. The fraction of sp³-hybridized carbons (Fsp3) is 0.625. The minimum atomic E-state index is 0.747. The Morgan fingerprint density at radius 2 is 2.05 bits per heavy atom. The third-order valence-electron chi connectivity index (χ3n) is 3.91. The van der Waals surface area contributed by atoms with Crippen molar-refractivity contribution in [3.63, 3.8) is 0 Å². The SMILES string of the molecule is CCCNCC1CCCN(Cc2c(Cl)cccc2Cl)C1. The predicted octanol–water partition coefficient (Wildman–Crippen LogP) is 4.21. The molecule has 20 heavy (non-hydrogen) atoms. The molecule has 0 amide bonds. The zero-order chi connectivity index (χ0) is 14.4. The highest BCUT2D eigenvalue weighted by atomic mass is 35.5. The second kappa shape index (κ2) is 8.23. The van der Waals surface area contributed by atoms with Crippen LogP contribution in [0.3, 0.4) is 0 Å². The Bertz CT molecular complexity index is 403. The van der Waals surface area contributed by atoms with E-state index in [1.165, 1.54) is 19.3 Å². The van der Waals surface area contributed by atoms with Crippen LogP contribution in [0.25, 0.3) is 0 Å². The molecule has 0 radical (unpaired) electrons. The van der Waals surface area contributed by atoms with Crippen LogP contribution in [-0.2, 0) is 6.54 Å². The van der Waals surface area contributed by atoms with E-state index in [1.807, 2.05) is 18.2 Å². The highest BCUT2D eigenvalue weighted by Crippen LogP contribution is 2.27. The lowest BCUT2D eigenvalue weighted by Gasteiger charge is -2.33. The zero-order valence-electron chi connectivity index (χ0n) is 12.2. The van der Waals surface area contributed by atoms with Gasteiger partial charge >= 0.3 is 0 Å². The van der Waals surface area contributed by atoms with Crippen molar-refractivity contribution in [1.82, 2.24) is 10.2 Å². The molecule has 1 aromatic carbocycles. The molecule has 2 nitrogen and oxygen atoms in total. The fourth-order valence-corrected chi connectivity index (χ4v) is 3.37. The summed E-state index contributed by atoms with van der Waals surface area (Å²) in [5, 5.41) is 5.10. The quantitative estimate of drug-likeness (QED) is 0.791. The first kappa shape index (κ1) is 16.1. The van der Waals surface area contributed by atoms with E-state index in [0.717, 1.165) is 54.3 Å². The van der Waals surface area contributed by atoms with Crippen LogP contribution in [0, 0.1) is 5.92 Å². The molecule has 4 heteroatoms. The van der Waals surface area contributed by atoms with E-state index in [4.69, 9.17) is 23.2 Å². The van der Waals surface area contributed by atoms with Gasteiger partial charge in [0, 0.05) is 28.7 Å². The van der Waals surface area contributed by atoms with Gasteiger partial charge in [-0.15, -0.1) is 0 Å². The van der Waals surface area contributed by atoms with Gasteiger partial charge in [0.2, 0.25) is 0 Å². The molecule has 1 heterocycles. The van der Waals surface area contributed by atoms with Crippen LogP contribution < -0.4 is 5.32 Å². The van der Waals surface area contributed by atoms with Gasteiger partial charge in [-0.2, -0.15) is 0 Å². The number of hydrogen-bond acceptors (Lipinski definition) is 2. The Hall–Kier alpha value is -0.280. The van der Waals surface area contributed by atoms with Gasteiger partial charge < -0.3 is 5.32 Å². The van der Waals surface area contributed by atoms with Gasteiger partial charge in [0.05, 0.1) is 0 Å². The summed E-state index contributed by atoms with van der Waals surface area (Å²) in [6, 6.07) is 5.75. The fourth-order valence-electron chi connectivity index (χ4n) is 2.85. The summed E-state index contributed by atoms with van der Waals surface area (Å²) in [4.78, 5) is 2.48. The average Bonchev–Trinajstić information content (AvgIpc) is 2.44. The van der Waals surface area contributed by atoms with Crippen LogP contribution in [-0.4, -0.2) is 31.1 Å². The number of hydrogen-bond donors (Lipinski definition) is 1. The lowest BCUT2D eigenvalue weighted by molar-refractivity contribution is 0.165. The van der Waals surface area contributed by atoms with E-state index in [-0.39, 0.29) is 0 Å². The van der Waals surface area contributed by atoms with Crippen molar-refractivity contribution in [2.45, 2.75) is 32.7 Å². The number of benzene rings is 1. The highest BCUT2D eigenvalue weighted by Gasteiger charge is 2.20. The van der Waals surface area contributed by atoms with Crippen molar-refractivity contribution in [2.24, 2.45) is 5.92 Å². The summed E-state index contributed by atoms with van der Waals surface area (Å²) in [6.07, 6.45) is 3.79. The van der Waals surface area contributed by atoms with Gasteiger partial charge in [-0.1, -0.05) is 36.2 Å². The van der Waals surface area contributed by atoms with Crippen LogP contribution in [0.5, 0.6) is 0 Å². The van der Waals surface area contributed by atoms with Crippen LogP contribution in [0.15, 0.2) is 18.2 Å². The second-order valence-corrected chi connectivity index (χ2v) is 6.46. The lowest BCUT2D eigenvalue weighted by Crippen LogP contribution is -2.39. The van der Waals surface area contributed by atoms with Crippen LogP contribution in [0.4, 0.5) is 0 Å². The Kier molecular flexibility index (Phi) is 6.63. The molecule has 1 aliphatic heterocycles. The number of halogens is 2. The van der Waals surface area contributed by atoms with E-state index in [2.05, 4.69) is 17.1 Å². The molecule has 0 aliphatic carbocycles. The molecule has 2 rings (SSSR count). The molecule has 1 atom stereocenters. The van der Waals surface area contributed by atoms with Gasteiger partial charge in [-0.3, -0.25) is 4.90 Å². The first-order chi connectivity index (χ1) is 9.70. The molecule has 112 valence electrons.